The zero-order chi connectivity index (χ0) is 12.8. The summed E-state index contributed by atoms with van der Waals surface area (Å²) in [6.07, 6.45) is -4.41. The van der Waals surface area contributed by atoms with Gasteiger partial charge >= 0.3 is 6.18 Å². The van der Waals surface area contributed by atoms with Crippen LogP contribution in [0.5, 0.6) is 0 Å². The molecule has 0 spiro atoms. The number of hydrogen-bond acceptors (Lipinski definition) is 2. The fourth-order valence-electron chi connectivity index (χ4n) is 0.735. The summed E-state index contributed by atoms with van der Waals surface area (Å²) in [6.45, 7) is -0.271. The molecule has 16 heavy (non-hydrogen) atoms. The molecule has 0 bridgehead atoms. The Kier molecular flexibility index (Phi) is 6.88. The number of hydrogen-bond donors (Lipinski definition) is 1. The van der Waals surface area contributed by atoms with Gasteiger partial charge in [0.25, 0.3) is 0 Å². The van der Waals surface area contributed by atoms with Crippen LogP contribution in [0, 0.1) is 0 Å². The third kappa shape index (κ3) is 7.45. The van der Waals surface area contributed by atoms with Crippen molar-refractivity contribution in [3.05, 3.63) is 0 Å². The van der Waals surface area contributed by atoms with Crippen molar-refractivity contribution in [2.75, 3.05) is 23.9 Å². The summed E-state index contributed by atoms with van der Waals surface area (Å²) in [5.41, 5.74) is -0.543. The van der Waals surface area contributed by atoms with Crippen molar-refractivity contribution in [3.8, 4) is 0 Å². The van der Waals surface area contributed by atoms with E-state index in [2.05, 4.69) is 41.9 Å². The SMILES string of the molecule is CC(CBr)(CBr)NC(=O)COCC(F)(F)F. The summed E-state index contributed by atoms with van der Waals surface area (Å²) < 4.78 is 39.3. The van der Waals surface area contributed by atoms with Gasteiger partial charge in [-0.05, 0) is 6.92 Å². The zero-order valence-corrected chi connectivity index (χ0v) is 11.7. The molecule has 0 rings (SSSR count). The first-order valence-electron chi connectivity index (χ1n) is 4.30. The Hall–Kier alpha value is 0.180. The highest BCUT2D eigenvalue weighted by Crippen LogP contribution is 2.14. The lowest BCUT2D eigenvalue weighted by molar-refractivity contribution is -0.175. The van der Waals surface area contributed by atoms with Crippen LogP contribution in [0.15, 0.2) is 0 Å². The maximum Gasteiger partial charge on any atom is 0.411 e. The van der Waals surface area contributed by atoms with E-state index in [9.17, 15) is 18.0 Å². The van der Waals surface area contributed by atoms with Gasteiger partial charge in [-0.2, -0.15) is 13.2 Å². The summed E-state index contributed by atoms with van der Waals surface area (Å²) >= 11 is 6.39. The third-order valence-electron chi connectivity index (χ3n) is 1.53. The van der Waals surface area contributed by atoms with Crippen LogP contribution in [-0.2, 0) is 9.53 Å². The molecule has 0 aliphatic carbocycles. The van der Waals surface area contributed by atoms with Gasteiger partial charge in [-0.3, -0.25) is 4.79 Å². The van der Waals surface area contributed by atoms with Crippen LogP contribution in [-0.4, -0.2) is 41.5 Å². The first-order chi connectivity index (χ1) is 7.22. The molecule has 1 N–H and O–H groups in total. The highest BCUT2D eigenvalue weighted by atomic mass is 79.9. The molecule has 0 saturated carbocycles. The number of carbonyl (C=O) groups is 1. The van der Waals surface area contributed by atoms with Gasteiger partial charge in [-0.15, -0.1) is 0 Å². The Morgan fingerprint density at radius 2 is 1.81 bits per heavy atom. The molecule has 0 aromatic carbocycles. The van der Waals surface area contributed by atoms with E-state index < -0.39 is 30.8 Å². The van der Waals surface area contributed by atoms with Crippen LogP contribution in [0.4, 0.5) is 13.2 Å². The van der Waals surface area contributed by atoms with E-state index in [1.165, 1.54) is 0 Å². The average molecular weight is 371 g/mol. The molecule has 0 aliphatic rings. The van der Waals surface area contributed by atoms with Crippen molar-refractivity contribution in [2.24, 2.45) is 0 Å². The molecule has 0 fully saturated rings. The summed E-state index contributed by atoms with van der Waals surface area (Å²) in [7, 11) is 0. The fraction of sp³-hybridized carbons (Fsp3) is 0.875. The molecule has 0 aromatic rings. The van der Waals surface area contributed by atoms with Gasteiger partial charge < -0.3 is 10.1 Å². The lowest BCUT2D eigenvalue weighted by Crippen LogP contribution is -2.50. The summed E-state index contributed by atoms with van der Waals surface area (Å²) in [5.74, 6) is -0.578. The molecule has 0 heterocycles. The summed E-state index contributed by atoms with van der Waals surface area (Å²) in [4.78, 5) is 11.2. The van der Waals surface area contributed by atoms with Gasteiger partial charge in [-0.25, -0.2) is 0 Å². The number of amides is 1. The van der Waals surface area contributed by atoms with Crippen molar-refractivity contribution < 1.29 is 22.7 Å². The number of nitrogens with one attached hydrogen (secondary N) is 1. The Bertz CT molecular complexity index is 232. The van der Waals surface area contributed by atoms with E-state index in [0.29, 0.717) is 10.7 Å². The Balaban J connectivity index is 3.91. The highest BCUT2D eigenvalue weighted by molar-refractivity contribution is 9.09. The fourth-order valence-corrected chi connectivity index (χ4v) is 1.94. The first kappa shape index (κ1) is 16.2. The van der Waals surface area contributed by atoms with E-state index in [-0.39, 0.29) is 0 Å². The normalized spacial score (nSPS) is 12.6. The molecule has 0 atom stereocenters. The quantitative estimate of drug-likeness (QED) is 0.728. The minimum Gasteiger partial charge on any atom is -0.362 e. The van der Waals surface area contributed by atoms with Crippen LogP contribution >= 0.6 is 31.9 Å². The van der Waals surface area contributed by atoms with Crippen molar-refractivity contribution >= 4 is 37.8 Å². The van der Waals surface area contributed by atoms with E-state index in [4.69, 9.17) is 0 Å². The van der Waals surface area contributed by atoms with E-state index in [0.717, 1.165) is 0 Å². The van der Waals surface area contributed by atoms with Crippen molar-refractivity contribution in [2.45, 2.75) is 18.6 Å². The zero-order valence-electron chi connectivity index (χ0n) is 8.53. The van der Waals surface area contributed by atoms with Gasteiger partial charge in [0.05, 0.1) is 5.54 Å². The first-order valence-corrected chi connectivity index (χ1v) is 6.54. The monoisotopic (exact) mass is 369 g/mol. The molecule has 0 aliphatic heterocycles. The molecule has 8 heteroatoms. The third-order valence-corrected chi connectivity index (χ3v) is 4.01. The number of carbonyl (C=O) groups excluding carboxylic acids is 1. The minimum absolute atomic E-state index is 0.482. The van der Waals surface area contributed by atoms with E-state index in [1.807, 2.05) is 0 Å². The maximum absolute atomic E-state index is 11.7. The maximum atomic E-state index is 11.7. The van der Waals surface area contributed by atoms with Crippen molar-refractivity contribution in [3.63, 3.8) is 0 Å². The van der Waals surface area contributed by atoms with Gasteiger partial charge in [0, 0.05) is 10.7 Å². The molecule has 3 nitrogen and oxygen atoms in total. The van der Waals surface area contributed by atoms with Crippen LogP contribution < -0.4 is 5.32 Å². The molecule has 0 aromatic heterocycles. The molecular weight excluding hydrogens is 359 g/mol. The molecule has 0 saturated heterocycles. The smallest absolute Gasteiger partial charge is 0.362 e. The molecule has 0 unspecified atom stereocenters. The standard InChI is InChI=1S/C8H12Br2F3NO2/c1-7(3-9,4-10)14-6(15)2-16-5-8(11,12)13/h2-5H2,1H3,(H,14,15). The Morgan fingerprint density at radius 1 is 1.31 bits per heavy atom. The molecule has 0 radical (unpaired) electrons. The topological polar surface area (TPSA) is 38.3 Å². The number of rotatable bonds is 6. The van der Waals surface area contributed by atoms with Gasteiger partial charge in [-0.1, -0.05) is 31.9 Å². The van der Waals surface area contributed by atoms with E-state index >= 15 is 0 Å². The molecule has 1 amide bonds. The molecule has 96 valence electrons. The average Bonchev–Trinajstić information content (AvgIpc) is 2.15. The number of halogens is 5. The summed E-state index contributed by atoms with van der Waals surface area (Å²) in [6, 6.07) is 0. The minimum atomic E-state index is -4.41. The van der Waals surface area contributed by atoms with Crippen molar-refractivity contribution in [1.82, 2.24) is 5.32 Å². The number of ether oxygens (including phenoxy) is 1. The van der Waals surface area contributed by atoms with Gasteiger partial charge in [0.1, 0.15) is 13.2 Å². The van der Waals surface area contributed by atoms with Crippen LogP contribution in [0.1, 0.15) is 6.92 Å². The summed E-state index contributed by atoms with van der Waals surface area (Å²) in [5, 5.41) is 3.52. The Morgan fingerprint density at radius 3 is 2.19 bits per heavy atom. The molecular formula is C8H12Br2F3NO2. The lowest BCUT2D eigenvalue weighted by Gasteiger charge is -2.26. The number of alkyl halides is 5. The van der Waals surface area contributed by atoms with Gasteiger partial charge in [0.2, 0.25) is 5.91 Å². The second kappa shape index (κ2) is 6.80. The second-order valence-electron chi connectivity index (χ2n) is 3.48. The van der Waals surface area contributed by atoms with Gasteiger partial charge in [0.15, 0.2) is 0 Å². The van der Waals surface area contributed by atoms with E-state index in [1.54, 1.807) is 6.92 Å². The highest BCUT2D eigenvalue weighted by Gasteiger charge is 2.29. The predicted molar refractivity (Wildman–Crippen MR) is 61.0 cm³/mol. The van der Waals surface area contributed by atoms with Crippen molar-refractivity contribution in [1.29, 1.82) is 0 Å². The van der Waals surface area contributed by atoms with Crippen LogP contribution in [0.25, 0.3) is 0 Å². The van der Waals surface area contributed by atoms with Crippen LogP contribution in [0.3, 0.4) is 0 Å². The largest absolute Gasteiger partial charge is 0.411 e. The predicted octanol–water partition coefficient (Wildman–Crippen LogP) is 2.23. The second-order valence-corrected chi connectivity index (χ2v) is 4.61. The van der Waals surface area contributed by atoms with Crippen LogP contribution in [0.2, 0.25) is 0 Å². The Labute approximate surface area is 108 Å². The lowest BCUT2D eigenvalue weighted by atomic mass is 10.1.